The lowest BCUT2D eigenvalue weighted by Gasteiger charge is -2.47. The van der Waals surface area contributed by atoms with E-state index in [4.69, 9.17) is 0 Å². The van der Waals surface area contributed by atoms with Crippen LogP contribution in [0.2, 0.25) is 0 Å². The predicted octanol–water partition coefficient (Wildman–Crippen LogP) is 4.54. The first-order chi connectivity index (χ1) is 14.0. The predicted molar refractivity (Wildman–Crippen MR) is 111 cm³/mol. The van der Waals surface area contributed by atoms with Gasteiger partial charge >= 0.3 is 0 Å². The minimum atomic E-state index is -0.569. The monoisotopic (exact) mass is 385 g/mol. The van der Waals surface area contributed by atoms with E-state index in [-0.39, 0.29) is 23.5 Å². The summed E-state index contributed by atoms with van der Waals surface area (Å²) in [6, 6.07) is 19.1. The van der Waals surface area contributed by atoms with Crippen molar-refractivity contribution in [3.8, 4) is 5.75 Å². The summed E-state index contributed by atoms with van der Waals surface area (Å²) < 4.78 is 0. The highest BCUT2D eigenvalue weighted by Gasteiger charge is 2.52. The van der Waals surface area contributed by atoms with Crippen LogP contribution >= 0.6 is 0 Å². The van der Waals surface area contributed by atoms with Gasteiger partial charge in [0, 0.05) is 12.3 Å². The van der Waals surface area contributed by atoms with Crippen LogP contribution in [0.15, 0.2) is 60.7 Å². The van der Waals surface area contributed by atoms with Crippen molar-refractivity contribution in [1.29, 1.82) is 0 Å². The number of nitrogens with zero attached hydrogens (tertiary/aromatic N) is 1. The van der Waals surface area contributed by atoms with Crippen LogP contribution in [0.5, 0.6) is 5.75 Å². The van der Waals surface area contributed by atoms with Crippen molar-refractivity contribution >= 4 is 22.6 Å². The first-order valence-corrected chi connectivity index (χ1v) is 10.1. The van der Waals surface area contributed by atoms with Crippen molar-refractivity contribution < 1.29 is 14.7 Å². The Bertz CT molecular complexity index is 1140. The van der Waals surface area contributed by atoms with Gasteiger partial charge in [0.05, 0.1) is 12.0 Å². The molecule has 0 saturated carbocycles. The average Bonchev–Trinajstić information content (AvgIpc) is 2.72. The number of aromatic hydroxyl groups is 1. The van der Waals surface area contributed by atoms with E-state index in [0.29, 0.717) is 13.0 Å². The van der Waals surface area contributed by atoms with Crippen LogP contribution < -0.4 is 0 Å². The summed E-state index contributed by atoms with van der Waals surface area (Å²) >= 11 is 0. The van der Waals surface area contributed by atoms with Gasteiger partial charge in [-0.1, -0.05) is 55.5 Å². The molecule has 1 unspecified atom stereocenters. The molecule has 2 atom stereocenters. The number of carbonyl (C=O) groups excluding carboxylic acids is 2. The first-order valence-electron chi connectivity index (χ1n) is 10.1. The Kier molecular flexibility index (Phi) is 3.98. The van der Waals surface area contributed by atoms with Crippen molar-refractivity contribution in [3.05, 3.63) is 77.4 Å². The number of imide groups is 1. The van der Waals surface area contributed by atoms with Gasteiger partial charge in [0.15, 0.2) is 0 Å². The molecule has 4 nitrogen and oxygen atoms in total. The molecule has 2 aliphatic rings. The smallest absolute Gasteiger partial charge is 0.236 e. The van der Waals surface area contributed by atoms with Crippen LogP contribution in [0.1, 0.15) is 42.4 Å². The van der Waals surface area contributed by atoms with Crippen molar-refractivity contribution in [2.24, 2.45) is 5.41 Å². The highest BCUT2D eigenvalue weighted by atomic mass is 16.3. The minimum absolute atomic E-state index is 0.0564. The fraction of sp³-hybridized carbons (Fsp3) is 0.280. The van der Waals surface area contributed by atoms with Gasteiger partial charge in [-0.05, 0) is 52.4 Å². The number of rotatable bonds is 2. The van der Waals surface area contributed by atoms with E-state index in [1.54, 1.807) is 12.1 Å². The lowest BCUT2D eigenvalue weighted by Crippen LogP contribution is -2.54. The zero-order chi connectivity index (χ0) is 20.2. The molecule has 1 fully saturated rings. The van der Waals surface area contributed by atoms with E-state index in [0.717, 1.165) is 34.7 Å². The number of aryl methyl sites for hydroxylation is 1. The molecule has 1 aliphatic carbocycles. The standard InChI is InChI=1S/C25H23NO3/c1-25-12-11-20-19-10-8-18(27)13-17(19)7-9-21(20)22(25)14-23(28)26(24(25)29)15-16-5-3-2-4-6-16/h2-10,13,22,27H,11-12,14-15H2,1H3/t22?,25-/m0/s1. The lowest BCUT2D eigenvalue weighted by atomic mass is 9.61. The van der Waals surface area contributed by atoms with Gasteiger partial charge in [-0.2, -0.15) is 0 Å². The fourth-order valence-electron chi connectivity index (χ4n) is 5.13. The summed E-state index contributed by atoms with van der Waals surface area (Å²) in [7, 11) is 0. The van der Waals surface area contributed by atoms with E-state index >= 15 is 0 Å². The van der Waals surface area contributed by atoms with Gasteiger partial charge in [-0.25, -0.2) is 0 Å². The third-order valence-electron chi connectivity index (χ3n) is 6.79. The lowest BCUT2D eigenvalue weighted by molar-refractivity contribution is -0.160. The van der Waals surface area contributed by atoms with Gasteiger partial charge in [0.1, 0.15) is 5.75 Å². The van der Waals surface area contributed by atoms with E-state index < -0.39 is 5.41 Å². The highest BCUT2D eigenvalue weighted by Crippen LogP contribution is 2.52. The number of fused-ring (bicyclic) bond motifs is 5. The van der Waals surface area contributed by atoms with E-state index in [2.05, 4.69) is 0 Å². The van der Waals surface area contributed by atoms with E-state index in [1.165, 1.54) is 10.5 Å². The van der Waals surface area contributed by atoms with E-state index in [9.17, 15) is 14.7 Å². The minimum Gasteiger partial charge on any atom is -0.508 e. The molecule has 3 aromatic carbocycles. The summed E-state index contributed by atoms with van der Waals surface area (Å²) in [4.78, 5) is 27.9. The topological polar surface area (TPSA) is 57.6 Å². The molecule has 0 radical (unpaired) electrons. The molecule has 0 spiro atoms. The highest BCUT2D eigenvalue weighted by molar-refractivity contribution is 6.02. The molecule has 5 rings (SSSR count). The second-order valence-corrected chi connectivity index (χ2v) is 8.48. The third-order valence-corrected chi connectivity index (χ3v) is 6.79. The van der Waals surface area contributed by atoms with Gasteiger partial charge in [0.2, 0.25) is 11.8 Å². The molecule has 1 aliphatic heterocycles. The molecule has 146 valence electrons. The van der Waals surface area contributed by atoms with Crippen molar-refractivity contribution in [2.45, 2.75) is 38.6 Å². The van der Waals surface area contributed by atoms with Gasteiger partial charge in [0.25, 0.3) is 0 Å². The van der Waals surface area contributed by atoms with Crippen LogP contribution in [-0.2, 0) is 22.6 Å². The summed E-state index contributed by atoms with van der Waals surface area (Å²) in [5.41, 5.74) is 2.72. The number of phenolic OH excluding ortho intramolecular Hbond substituents is 1. The summed E-state index contributed by atoms with van der Waals surface area (Å²) in [6.45, 7) is 2.36. The second-order valence-electron chi connectivity index (χ2n) is 8.48. The third kappa shape index (κ3) is 2.74. The maximum absolute atomic E-state index is 13.5. The Morgan fingerprint density at radius 1 is 1.07 bits per heavy atom. The molecule has 1 saturated heterocycles. The van der Waals surface area contributed by atoms with Crippen molar-refractivity contribution in [1.82, 2.24) is 4.90 Å². The van der Waals surface area contributed by atoms with Gasteiger partial charge in [-0.15, -0.1) is 0 Å². The zero-order valence-corrected chi connectivity index (χ0v) is 16.4. The van der Waals surface area contributed by atoms with Crippen LogP contribution in [0.4, 0.5) is 0 Å². The van der Waals surface area contributed by atoms with Gasteiger partial charge < -0.3 is 5.11 Å². The SMILES string of the molecule is C[C@]12CCc3c(ccc4cc(O)ccc34)C1CC(=O)N(Cc1ccccc1)C2=O. The van der Waals surface area contributed by atoms with Crippen molar-refractivity contribution in [2.75, 3.05) is 0 Å². The largest absolute Gasteiger partial charge is 0.508 e. The van der Waals surface area contributed by atoms with Crippen LogP contribution in [0.25, 0.3) is 10.8 Å². The van der Waals surface area contributed by atoms with Crippen LogP contribution in [-0.4, -0.2) is 21.8 Å². The zero-order valence-electron chi connectivity index (χ0n) is 16.4. The normalized spacial score (nSPS) is 23.8. The van der Waals surface area contributed by atoms with Crippen LogP contribution in [0, 0.1) is 5.41 Å². The molecule has 1 N–H and O–H groups in total. The molecule has 29 heavy (non-hydrogen) atoms. The van der Waals surface area contributed by atoms with Crippen LogP contribution in [0.3, 0.4) is 0 Å². The molecule has 0 aromatic heterocycles. The Labute approximate surface area is 169 Å². The molecular formula is C25H23NO3. The second kappa shape index (κ2) is 6.45. The fourth-order valence-corrected chi connectivity index (χ4v) is 5.13. The number of piperidine rings is 1. The average molecular weight is 385 g/mol. The summed E-state index contributed by atoms with van der Waals surface area (Å²) in [5.74, 6) is -0.00631. The first kappa shape index (κ1) is 17.9. The number of amides is 2. The Hall–Kier alpha value is -3.14. The molecule has 0 bridgehead atoms. The Morgan fingerprint density at radius 2 is 1.86 bits per heavy atom. The number of carbonyl (C=O) groups is 2. The summed E-state index contributed by atoms with van der Waals surface area (Å²) in [5, 5.41) is 11.9. The number of likely N-dealkylation sites (tertiary alicyclic amines) is 1. The maximum atomic E-state index is 13.5. The number of benzene rings is 3. The summed E-state index contributed by atoms with van der Waals surface area (Å²) in [6.07, 6.45) is 1.87. The number of hydrogen-bond acceptors (Lipinski definition) is 3. The quantitative estimate of drug-likeness (QED) is 0.659. The number of hydrogen-bond donors (Lipinski definition) is 1. The van der Waals surface area contributed by atoms with Gasteiger partial charge in [-0.3, -0.25) is 14.5 Å². The molecular weight excluding hydrogens is 362 g/mol. The Balaban J connectivity index is 1.54. The maximum Gasteiger partial charge on any atom is 0.236 e. The number of phenols is 1. The molecule has 3 aromatic rings. The van der Waals surface area contributed by atoms with Crippen molar-refractivity contribution in [3.63, 3.8) is 0 Å². The Morgan fingerprint density at radius 3 is 2.66 bits per heavy atom. The molecule has 1 heterocycles. The molecule has 2 amide bonds. The molecule has 4 heteroatoms. The van der Waals surface area contributed by atoms with E-state index in [1.807, 2.05) is 55.5 Å².